The minimum atomic E-state index is -0.429. The topological polar surface area (TPSA) is 38.7 Å². The van der Waals surface area contributed by atoms with E-state index in [4.69, 9.17) is 11.6 Å². The monoisotopic (exact) mass is 475 g/mol. The van der Waals surface area contributed by atoms with Crippen LogP contribution in [0.2, 0.25) is 5.02 Å². The Morgan fingerprint density at radius 1 is 1.20 bits per heavy atom. The lowest BCUT2D eigenvalue weighted by atomic mass is 9.87. The fourth-order valence-electron chi connectivity index (χ4n) is 1.21. The van der Waals surface area contributed by atoms with E-state index in [2.05, 4.69) is 75.5 Å². The Kier molecular flexibility index (Phi) is 7.99. The molecule has 0 N–H and O–H groups in total. The molecule has 0 atom stereocenters. The molecule has 0 aromatic heterocycles. The number of benzene rings is 1. The van der Waals surface area contributed by atoms with E-state index in [0.29, 0.717) is 0 Å². The Hall–Kier alpha value is 0.120. The second-order valence-corrected chi connectivity index (χ2v) is 8.76. The van der Waals surface area contributed by atoms with Gasteiger partial charge in [0.15, 0.2) is 5.34 Å². The van der Waals surface area contributed by atoms with Gasteiger partial charge in [-0.1, -0.05) is 32.4 Å². The molecule has 0 aliphatic rings. The lowest BCUT2D eigenvalue weighted by Gasteiger charge is -2.21. The lowest BCUT2D eigenvalue weighted by molar-refractivity contribution is -0.00229. The molecule has 20 heavy (non-hydrogen) atoms. The average molecular weight is 477 g/mol. The molecule has 0 heterocycles. The van der Waals surface area contributed by atoms with Crippen molar-refractivity contribution in [2.45, 2.75) is 52.6 Å². The van der Waals surface area contributed by atoms with E-state index in [1.54, 1.807) is 20.8 Å². The molecular formula is C14H20BrClINO2. The second kappa shape index (κ2) is 7.94. The van der Waals surface area contributed by atoms with Crippen molar-refractivity contribution in [3.63, 3.8) is 0 Å². The highest BCUT2D eigenvalue weighted by Gasteiger charge is 2.19. The zero-order chi connectivity index (χ0) is 16.1. The molecule has 0 amide bonds. The van der Waals surface area contributed by atoms with E-state index < -0.39 is 5.60 Å². The van der Waals surface area contributed by atoms with Crippen molar-refractivity contribution in [1.82, 2.24) is 0 Å². The van der Waals surface area contributed by atoms with Crippen LogP contribution in [0.3, 0.4) is 0 Å². The molecule has 114 valence electrons. The predicted octanol–water partition coefficient (Wildman–Crippen LogP) is 6.49. The van der Waals surface area contributed by atoms with Crippen LogP contribution >= 0.6 is 50.1 Å². The van der Waals surface area contributed by atoms with Crippen LogP contribution in [0, 0.1) is 8.48 Å². The van der Waals surface area contributed by atoms with Crippen molar-refractivity contribution in [3.8, 4) is 0 Å². The standard InChI is InChI=1S/C10H11BrClI.C4H9NO2/c1-10(2,3)7-4-6(13)5-8(11)9(7)12;1-4(2,3)7-5-6/h4-5H,1-3H3;1-3H3. The van der Waals surface area contributed by atoms with Crippen molar-refractivity contribution < 1.29 is 4.84 Å². The molecule has 0 aliphatic carbocycles. The van der Waals surface area contributed by atoms with Crippen LogP contribution in [0.5, 0.6) is 0 Å². The van der Waals surface area contributed by atoms with Gasteiger partial charge in [-0.25, -0.2) is 0 Å². The first-order chi connectivity index (χ1) is 8.88. The van der Waals surface area contributed by atoms with Crippen LogP contribution in [0.25, 0.3) is 0 Å². The van der Waals surface area contributed by atoms with Crippen LogP contribution in [0.4, 0.5) is 0 Å². The van der Waals surface area contributed by atoms with Gasteiger partial charge in [-0.05, 0) is 82.4 Å². The molecule has 3 nitrogen and oxygen atoms in total. The maximum Gasteiger partial charge on any atom is 0.155 e. The van der Waals surface area contributed by atoms with E-state index in [0.717, 1.165) is 9.50 Å². The Balaban J connectivity index is 0.000000441. The number of hydrogen-bond acceptors (Lipinski definition) is 3. The molecule has 0 spiro atoms. The maximum atomic E-state index is 9.35. The molecular weight excluding hydrogens is 456 g/mol. The van der Waals surface area contributed by atoms with Crippen molar-refractivity contribution in [2.75, 3.05) is 0 Å². The van der Waals surface area contributed by atoms with Gasteiger partial charge < -0.3 is 4.84 Å². The summed E-state index contributed by atoms with van der Waals surface area (Å²) < 4.78 is 2.18. The molecule has 1 aromatic rings. The minimum absolute atomic E-state index is 0.0980. The van der Waals surface area contributed by atoms with Crippen molar-refractivity contribution >= 4 is 50.1 Å². The van der Waals surface area contributed by atoms with E-state index in [1.165, 1.54) is 9.13 Å². The third-order valence-electron chi connectivity index (χ3n) is 2.11. The second-order valence-electron chi connectivity index (χ2n) is 6.28. The highest BCUT2D eigenvalue weighted by atomic mass is 127. The van der Waals surface area contributed by atoms with Crippen LogP contribution in [-0.2, 0) is 10.3 Å². The maximum absolute atomic E-state index is 9.35. The first-order valence-electron chi connectivity index (χ1n) is 6.04. The first-order valence-corrected chi connectivity index (χ1v) is 8.29. The van der Waals surface area contributed by atoms with E-state index in [-0.39, 0.29) is 5.41 Å². The van der Waals surface area contributed by atoms with Gasteiger partial charge in [0.05, 0.1) is 5.02 Å². The molecule has 0 saturated heterocycles. The summed E-state index contributed by atoms with van der Waals surface area (Å²) >= 11 is 12.0. The van der Waals surface area contributed by atoms with Gasteiger partial charge in [-0.15, -0.1) is 4.91 Å². The third-order valence-corrected chi connectivity index (χ3v) is 4.00. The first kappa shape index (κ1) is 20.1. The summed E-state index contributed by atoms with van der Waals surface area (Å²) in [7, 11) is 0. The Bertz CT molecular complexity index is 467. The van der Waals surface area contributed by atoms with Gasteiger partial charge in [0.25, 0.3) is 0 Å². The average Bonchev–Trinajstić information content (AvgIpc) is 2.21. The number of halogens is 3. The summed E-state index contributed by atoms with van der Waals surface area (Å²) in [5, 5.41) is 3.08. The van der Waals surface area contributed by atoms with E-state index in [1.807, 2.05) is 6.07 Å². The fraction of sp³-hybridized carbons (Fsp3) is 0.571. The Labute approximate surface area is 148 Å². The summed E-state index contributed by atoms with van der Waals surface area (Å²) in [5.74, 6) is 0. The molecule has 0 unspecified atom stereocenters. The van der Waals surface area contributed by atoms with Crippen LogP contribution in [0.15, 0.2) is 21.9 Å². The van der Waals surface area contributed by atoms with Gasteiger partial charge in [-0.2, -0.15) is 0 Å². The predicted molar refractivity (Wildman–Crippen MR) is 97.2 cm³/mol. The largest absolute Gasteiger partial charge is 0.358 e. The lowest BCUT2D eigenvalue weighted by Crippen LogP contribution is -2.14. The van der Waals surface area contributed by atoms with Crippen molar-refractivity contribution in [2.24, 2.45) is 5.34 Å². The SMILES string of the molecule is CC(C)(C)ON=O.CC(C)(C)c1cc(I)cc(Br)c1Cl. The fourth-order valence-corrected chi connectivity index (χ4v) is 3.12. The Morgan fingerprint density at radius 2 is 1.70 bits per heavy atom. The molecule has 0 radical (unpaired) electrons. The normalized spacial score (nSPS) is 11.4. The quantitative estimate of drug-likeness (QED) is 0.201. The van der Waals surface area contributed by atoms with E-state index in [9.17, 15) is 4.91 Å². The molecule has 0 fully saturated rings. The molecule has 0 aliphatic heterocycles. The van der Waals surface area contributed by atoms with E-state index >= 15 is 0 Å². The van der Waals surface area contributed by atoms with Gasteiger partial charge in [-0.3, -0.25) is 0 Å². The number of nitrogens with zero attached hydrogens (tertiary/aromatic N) is 1. The summed E-state index contributed by atoms with van der Waals surface area (Å²) in [6.45, 7) is 11.8. The van der Waals surface area contributed by atoms with Crippen LogP contribution in [-0.4, -0.2) is 5.60 Å². The molecule has 1 aromatic carbocycles. The molecule has 6 heteroatoms. The zero-order valence-corrected chi connectivity index (χ0v) is 17.1. The zero-order valence-electron chi connectivity index (χ0n) is 12.6. The summed E-state index contributed by atoms with van der Waals surface area (Å²) in [6.07, 6.45) is 0. The molecule has 0 bridgehead atoms. The van der Waals surface area contributed by atoms with Gasteiger partial charge >= 0.3 is 0 Å². The van der Waals surface area contributed by atoms with Gasteiger partial charge in [0, 0.05) is 8.04 Å². The van der Waals surface area contributed by atoms with Crippen LogP contribution in [0.1, 0.15) is 47.1 Å². The third kappa shape index (κ3) is 7.78. The summed E-state index contributed by atoms with van der Waals surface area (Å²) in [4.78, 5) is 13.6. The summed E-state index contributed by atoms with van der Waals surface area (Å²) in [5.41, 5.74) is 0.857. The van der Waals surface area contributed by atoms with Gasteiger partial charge in [0.1, 0.15) is 5.60 Å². The van der Waals surface area contributed by atoms with Crippen LogP contribution < -0.4 is 0 Å². The summed E-state index contributed by atoms with van der Waals surface area (Å²) in [6, 6.07) is 4.16. The van der Waals surface area contributed by atoms with Crippen molar-refractivity contribution in [3.05, 3.63) is 35.7 Å². The number of hydrogen-bond donors (Lipinski definition) is 0. The smallest absolute Gasteiger partial charge is 0.155 e. The Morgan fingerprint density at radius 3 is 2.00 bits per heavy atom. The highest BCUT2D eigenvalue weighted by Crippen LogP contribution is 2.35. The van der Waals surface area contributed by atoms with Crippen molar-refractivity contribution in [1.29, 1.82) is 0 Å². The highest BCUT2D eigenvalue weighted by molar-refractivity contribution is 14.1. The van der Waals surface area contributed by atoms with Gasteiger partial charge in [0.2, 0.25) is 0 Å². The number of rotatable bonds is 1. The molecule has 1 rings (SSSR count). The molecule has 0 saturated carbocycles. The minimum Gasteiger partial charge on any atom is -0.358 e.